The largest absolute Gasteiger partial charge is 0.390 e. The molecule has 0 saturated carbocycles. The first-order chi connectivity index (χ1) is 16.0. The lowest BCUT2D eigenvalue weighted by Gasteiger charge is -2.45. The normalized spacial score (nSPS) is 16.9. The Balaban J connectivity index is 7.25. The van der Waals surface area contributed by atoms with E-state index in [0.29, 0.717) is 0 Å². The van der Waals surface area contributed by atoms with Crippen molar-refractivity contribution in [2.75, 3.05) is 6.61 Å². The van der Waals surface area contributed by atoms with Gasteiger partial charge in [-0.2, -0.15) is 96.6 Å². The lowest BCUT2D eigenvalue weighted by atomic mass is 9.84. The van der Waals surface area contributed by atoms with Gasteiger partial charge in [-0.3, -0.25) is 0 Å². The molecule has 0 atom stereocenters. The molecule has 0 amide bonds. The zero-order valence-electron chi connectivity index (χ0n) is 16.3. The standard InChI is InChI=1S/C13H4F24O/c14-2(15)4(18,19)6(22,23)8(26,27)10(30,31)12(34,35)13(36,37)11(32,33)9(28,29)7(24,25)5(20,21)3(16,17)1-38/h2,38H,1H2. The van der Waals surface area contributed by atoms with Gasteiger partial charge in [0, 0.05) is 0 Å². The molecular weight excluding hydrogens is 628 g/mol. The van der Waals surface area contributed by atoms with Crippen LogP contribution < -0.4 is 0 Å². The Morgan fingerprint density at radius 1 is 0.342 bits per heavy atom. The minimum atomic E-state index is -9.49. The van der Waals surface area contributed by atoms with E-state index in [1.54, 1.807) is 0 Å². The molecule has 1 N–H and O–H groups in total. The quantitative estimate of drug-likeness (QED) is 0.225. The maximum atomic E-state index is 13.5. The van der Waals surface area contributed by atoms with Crippen molar-refractivity contribution in [3.05, 3.63) is 0 Å². The van der Waals surface area contributed by atoms with Crippen LogP contribution in [-0.2, 0) is 0 Å². The van der Waals surface area contributed by atoms with Crippen LogP contribution in [0.25, 0.3) is 0 Å². The van der Waals surface area contributed by atoms with Crippen molar-refractivity contribution in [2.24, 2.45) is 0 Å². The van der Waals surface area contributed by atoms with Gasteiger partial charge >= 0.3 is 71.6 Å². The summed E-state index contributed by atoms with van der Waals surface area (Å²) >= 11 is 0. The molecule has 0 radical (unpaired) electrons. The van der Waals surface area contributed by atoms with Crippen LogP contribution in [-0.4, -0.2) is 83.3 Å². The molecule has 0 heterocycles. The minimum absolute atomic E-state index is 3.72. The summed E-state index contributed by atoms with van der Waals surface area (Å²) in [7, 11) is 0. The van der Waals surface area contributed by atoms with Crippen molar-refractivity contribution in [1.82, 2.24) is 0 Å². The lowest BCUT2D eigenvalue weighted by molar-refractivity contribution is -0.476. The first-order valence-corrected chi connectivity index (χ1v) is 8.05. The average Bonchev–Trinajstić information content (AvgIpc) is 2.71. The minimum Gasteiger partial charge on any atom is -0.390 e. The van der Waals surface area contributed by atoms with E-state index in [9.17, 15) is 105 Å². The summed E-state index contributed by atoms with van der Waals surface area (Å²) in [5.41, 5.74) is 0. The highest BCUT2D eigenvalue weighted by atomic mass is 19.4. The molecule has 0 fully saturated rings. The van der Waals surface area contributed by atoms with Crippen molar-refractivity contribution >= 4 is 0 Å². The highest BCUT2D eigenvalue weighted by Crippen LogP contribution is 2.67. The Hall–Kier alpha value is -1.72. The van der Waals surface area contributed by atoms with Crippen molar-refractivity contribution < 1.29 is 110 Å². The molecule has 0 bridgehead atoms. The number of rotatable bonds is 12. The van der Waals surface area contributed by atoms with Crippen molar-refractivity contribution in [2.45, 2.75) is 71.6 Å². The maximum absolute atomic E-state index is 13.5. The lowest BCUT2D eigenvalue weighted by Crippen LogP contribution is -2.78. The Bertz CT molecular complexity index is 853. The molecule has 0 aromatic rings. The van der Waals surface area contributed by atoms with Crippen LogP contribution in [0.4, 0.5) is 105 Å². The molecule has 0 aliphatic carbocycles. The van der Waals surface area contributed by atoms with Gasteiger partial charge in [-0.15, -0.1) is 0 Å². The molecule has 1 nitrogen and oxygen atoms in total. The van der Waals surface area contributed by atoms with E-state index < -0.39 is 78.2 Å². The molecule has 0 unspecified atom stereocenters. The Morgan fingerprint density at radius 2 is 0.526 bits per heavy atom. The second-order valence-corrected chi connectivity index (χ2v) is 6.96. The van der Waals surface area contributed by atoms with Crippen LogP contribution in [0.1, 0.15) is 0 Å². The van der Waals surface area contributed by atoms with Gasteiger partial charge in [-0.1, -0.05) is 0 Å². The zero-order valence-corrected chi connectivity index (χ0v) is 16.3. The summed E-state index contributed by atoms with van der Waals surface area (Å²) in [5.74, 6) is -96.7. The Morgan fingerprint density at radius 3 is 0.711 bits per heavy atom. The number of halogens is 24. The second kappa shape index (κ2) is 8.89. The SMILES string of the molecule is OCC(F)(F)C(F)(F)C(F)(F)C(F)(F)C(F)(F)C(F)(F)C(F)(F)C(F)(F)C(F)(F)C(F)(F)C(F)(F)C(F)F. The topological polar surface area (TPSA) is 20.2 Å². The molecular formula is C13H4F24O. The summed E-state index contributed by atoms with van der Waals surface area (Å²) in [4.78, 5) is 0. The summed E-state index contributed by atoms with van der Waals surface area (Å²) < 4.78 is 313. The van der Waals surface area contributed by atoms with Crippen molar-refractivity contribution in [3.63, 3.8) is 0 Å². The number of alkyl halides is 24. The van der Waals surface area contributed by atoms with Crippen molar-refractivity contribution in [1.29, 1.82) is 0 Å². The van der Waals surface area contributed by atoms with E-state index in [4.69, 9.17) is 5.11 Å². The van der Waals surface area contributed by atoms with Crippen LogP contribution in [0, 0.1) is 0 Å². The number of hydrogen-bond donors (Lipinski definition) is 1. The molecule has 25 heteroatoms. The fourth-order valence-corrected chi connectivity index (χ4v) is 2.06. The van der Waals surface area contributed by atoms with Gasteiger partial charge in [-0.05, 0) is 0 Å². The third kappa shape index (κ3) is 4.01. The van der Waals surface area contributed by atoms with E-state index in [1.807, 2.05) is 0 Å². The second-order valence-electron chi connectivity index (χ2n) is 6.96. The first kappa shape index (κ1) is 36.3. The summed E-state index contributed by atoms with van der Waals surface area (Å²) in [6.45, 7) is -3.72. The number of aliphatic hydroxyl groups is 1. The van der Waals surface area contributed by atoms with Gasteiger partial charge in [0.1, 0.15) is 6.61 Å². The van der Waals surface area contributed by atoms with Crippen LogP contribution in [0.3, 0.4) is 0 Å². The van der Waals surface area contributed by atoms with Crippen LogP contribution in [0.2, 0.25) is 0 Å². The fraction of sp³-hybridized carbons (Fsp3) is 1.00. The maximum Gasteiger partial charge on any atom is 0.385 e. The predicted molar refractivity (Wildman–Crippen MR) is 67.5 cm³/mol. The smallest absolute Gasteiger partial charge is 0.385 e. The molecule has 0 rings (SSSR count). The summed E-state index contributed by atoms with van der Waals surface area (Å²) in [5, 5.41) is 7.80. The molecule has 230 valence electrons. The van der Waals surface area contributed by atoms with Gasteiger partial charge in [0.15, 0.2) is 0 Å². The van der Waals surface area contributed by atoms with E-state index >= 15 is 0 Å². The van der Waals surface area contributed by atoms with Crippen LogP contribution in [0.15, 0.2) is 0 Å². The predicted octanol–water partition coefficient (Wildman–Crippen LogP) is 7.23. The third-order valence-electron chi connectivity index (χ3n) is 4.51. The Labute approximate surface area is 190 Å². The van der Waals surface area contributed by atoms with Gasteiger partial charge in [-0.25, -0.2) is 8.78 Å². The molecule has 0 aromatic carbocycles. The van der Waals surface area contributed by atoms with Gasteiger partial charge < -0.3 is 5.11 Å². The molecule has 0 aliphatic rings. The van der Waals surface area contributed by atoms with Gasteiger partial charge in [0.2, 0.25) is 0 Å². The van der Waals surface area contributed by atoms with Crippen LogP contribution >= 0.6 is 0 Å². The van der Waals surface area contributed by atoms with Crippen LogP contribution in [0.5, 0.6) is 0 Å². The molecule has 0 saturated heterocycles. The Kier molecular flexibility index (Phi) is 8.49. The molecule has 0 spiro atoms. The van der Waals surface area contributed by atoms with Crippen molar-refractivity contribution in [3.8, 4) is 0 Å². The number of aliphatic hydroxyl groups excluding tert-OH is 1. The fourth-order valence-electron chi connectivity index (χ4n) is 2.06. The van der Waals surface area contributed by atoms with E-state index in [-0.39, 0.29) is 0 Å². The molecule has 0 aliphatic heterocycles. The van der Waals surface area contributed by atoms with Gasteiger partial charge in [0.05, 0.1) is 0 Å². The summed E-state index contributed by atoms with van der Waals surface area (Å²) in [6.07, 6.45) is -6.26. The molecule has 38 heavy (non-hydrogen) atoms. The van der Waals surface area contributed by atoms with E-state index in [1.165, 1.54) is 0 Å². The average molecular weight is 632 g/mol. The highest BCUT2D eigenvalue weighted by molar-refractivity contribution is 5.19. The van der Waals surface area contributed by atoms with Gasteiger partial charge in [0.25, 0.3) is 0 Å². The zero-order chi connectivity index (χ0) is 31.8. The number of hydrogen-bond acceptors (Lipinski definition) is 1. The summed E-state index contributed by atoms with van der Waals surface area (Å²) in [6, 6.07) is 0. The molecule has 0 aromatic heterocycles. The third-order valence-corrected chi connectivity index (χ3v) is 4.51. The first-order valence-electron chi connectivity index (χ1n) is 8.05. The monoisotopic (exact) mass is 632 g/mol. The highest BCUT2D eigenvalue weighted by Gasteiger charge is 2.98. The van der Waals surface area contributed by atoms with E-state index in [0.717, 1.165) is 0 Å². The van der Waals surface area contributed by atoms with E-state index in [2.05, 4.69) is 0 Å².